The number of halogens is 4. The minimum Gasteiger partial charge on any atom is -0.496 e. The SMILES string of the molecule is COc1cc(C=O)c(C(F)(F)F)cc1C(=O)CBr. The van der Waals surface area contributed by atoms with E-state index in [1.807, 2.05) is 0 Å². The molecule has 0 aliphatic carbocycles. The Morgan fingerprint density at radius 3 is 2.44 bits per heavy atom. The molecule has 0 atom stereocenters. The van der Waals surface area contributed by atoms with Crippen molar-refractivity contribution in [1.82, 2.24) is 0 Å². The first-order valence-electron chi connectivity index (χ1n) is 4.68. The Morgan fingerprint density at radius 1 is 1.44 bits per heavy atom. The molecular weight excluding hydrogens is 317 g/mol. The van der Waals surface area contributed by atoms with E-state index in [1.165, 1.54) is 7.11 Å². The number of alkyl halides is 4. The van der Waals surface area contributed by atoms with Crippen LogP contribution in [0.15, 0.2) is 12.1 Å². The van der Waals surface area contributed by atoms with Crippen LogP contribution in [0.3, 0.4) is 0 Å². The van der Waals surface area contributed by atoms with Gasteiger partial charge in [-0.15, -0.1) is 0 Å². The van der Waals surface area contributed by atoms with Crippen LogP contribution < -0.4 is 4.74 Å². The Morgan fingerprint density at radius 2 is 2.06 bits per heavy atom. The summed E-state index contributed by atoms with van der Waals surface area (Å²) in [5.41, 5.74) is -1.93. The van der Waals surface area contributed by atoms with Gasteiger partial charge < -0.3 is 4.74 Å². The van der Waals surface area contributed by atoms with E-state index in [4.69, 9.17) is 4.74 Å². The summed E-state index contributed by atoms with van der Waals surface area (Å²) >= 11 is 2.87. The van der Waals surface area contributed by atoms with E-state index in [2.05, 4.69) is 15.9 Å². The third kappa shape index (κ3) is 2.90. The Labute approximate surface area is 109 Å². The van der Waals surface area contributed by atoms with Crippen molar-refractivity contribution in [2.24, 2.45) is 0 Å². The molecule has 0 amide bonds. The second kappa shape index (κ2) is 5.51. The van der Waals surface area contributed by atoms with Gasteiger partial charge >= 0.3 is 6.18 Å². The fourth-order valence-electron chi connectivity index (χ4n) is 1.40. The zero-order chi connectivity index (χ0) is 13.9. The van der Waals surface area contributed by atoms with Gasteiger partial charge in [0.1, 0.15) is 5.75 Å². The van der Waals surface area contributed by atoms with Crippen LogP contribution in [-0.2, 0) is 6.18 Å². The molecule has 0 bridgehead atoms. The summed E-state index contributed by atoms with van der Waals surface area (Å²) in [5.74, 6) is -0.621. The van der Waals surface area contributed by atoms with Crippen LogP contribution in [0, 0.1) is 0 Å². The Kier molecular flexibility index (Phi) is 4.50. The van der Waals surface area contributed by atoms with Crippen molar-refractivity contribution < 1.29 is 27.5 Å². The quantitative estimate of drug-likeness (QED) is 0.485. The van der Waals surface area contributed by atoms with Gasteiger partial charge in [0.25, 0.3) is 0 Å². The van der Waals surface area contributed by atoms with Gasteiger partial charge in [0.15, 0.2) is 12.1 Å². The molecule has 0 radical (unpaired) electrons. The average Bonchev–Trinajstić information content (AvgIpc) is 2.34. The van der Waals surface area contributed by atoms with Crippen molar-refractivity contribution in [2.75, 3.05) is 12.4 Å². The molecule has 0 fully saturated rings. The monoisotopic (exact) mass is 324 g/mol. The first kappa shape index (κ1) is 14.7. The molecule has 0 aliphatic rings. The molecule has 0 saturated carbocycles. The largest absolute Gasteiger partial charge is 0.496 e. The smallest absolute Gasteiger partial charge is 0.417 e. The minimum atomic E-state index is -4.70. The standard InChI is InChI=1S/C11H8BrF3O3/c1-18-10-2-6(5-16)8(11(13,14)15)3-7(10)9(17)4-12/h2-3,5H,4H2,1H3. The number of Topliss-reactive ketones (excluding diaryl/α,β-unsaturated/α-hetero) is 1. The topological polar surface area (TPSA) is 43.4 Å². The molecule has 1 aromatic carbocycles. The summed E-state index contributed by atoms with van der Waals surface area (Å²) in [4.78, 5) is 22.1. The normalized spacial score (nSPS) is 11.2. The number of ether oxygens (including phenoxy) is 1. The second-order valence-corrected chi connectivity index (χ2v) is 3.87. The summed E-state index contributed by atoms with van der Waals surface area (Å²) in [6, 6.07) is 1.54. The van der Waals surface area contributed by atoms with Gasteiger partial charge in [-0.3, -0.25) is 9.59 Å². The lowest BCUT2D eigenvalue weighted by molar-refractivity contribution is -0.137. The van der Waals surface area contributed by atoms with E-state index in [0.717, 1.165) is 6.07 Å². The summed E-state index contributed by atoms with van der Waals surface area (Å²) in [7, 11) is 1.21. The van der Waals surface area contributed by atoms with Crippen molar-refractivity contribution >= 4 is 28.0 Å². The molecule has 0 N–H and O–H groups in total. The van der Waals surface area contributed by atoms with E-state index >= 15 is 0 Å². The van der Waals surface area contributed by atoms with Gasteiger partial charge in [0, 0.05) is 5.56 Å². The molecule has 0 saturated heterocycles. The van der Waals surface area contributed by atoms with Crippen molar-refractivity contribution in [3.8, 4) is 5.75 Å². The van der Waals surface area contributed by atoms with Crippen LogP contribution in [0.25, 0.3) is 0 Å². The fraction of sp³-hybridized carbons (Fsp3) is 0.273. The number of hydrogen-bond donors (Lipinski definition) is 0. The number of carbonyl (C=O) groups excluding carboxylic acids is 2. The van der Waals surface area contributed by atoms with Crippen molar-refractivity contribution in [1.29, 1.82) is 0 Å². The molecule has 0 aromatic heterocycles. The molecular formula is C11H8BrF3O3. The van der Waals surface area contributed by atoms with Crippen LogP contribution in [0.2, 0.25) is 0 Å². The number of rotatable bonds is 4. The van der Waals surface area contributed by atoms with Gasteiger partial charge in [0.05, 0.1) is 23.6 Å². The molecule has 1 rings (SSSR count). The zero-order valence-electron chi connectivity index (χ0n) is 9.18. The van der Waals surface area contributed by atoms with Crippen LogP contribution in [0.4, 0.5) is 13.2 Å². The maximum Gasteiger partial charge on any atom is 0.417 e. The molecule has 3 nitrogen and oxygen atoms in total. The Hall–Kier alpha value is -1.37. The van der Waals surface area contributed by atoms with E-state index in [9.17, 15) is 22.8 Å². The molecule has 0 aliphatic heterocycles. The maximum atomic E-state index is 12.7. The highest BCUT2D eigenvalue weighted by Gasteiger charge is 2.35. The molecule has 98 valence electrons. The second-order valence-electron chi connectivity index (χ2n) is 3.31. The maximum absolute atomic E-state index is 12.7. The number of aldehydes is 1. The minimum absolute atomic E-state index is 0.0606. The lowest BCUT2D eigenvalue weighted by Gasteiger charge is -2.13. The lowest BCUT2D eigenvalue weighted by Crippen LogP contribution is -2.13. The number of ketones is 1. The molecule has 0 spiro atoms. The van der Waals surface area contributed by atoms with Gasteiger partial charge in [-0.1, -0.05) is 15.9 Å². The number of benzene rings is 1. The highest BCUT2D eigenvalue weighted by atomic mass is 79.9. The van der Waals surface area contributed by atoms with Crippen LogP contribution >= 0.6 is 15.9 Å². The predicted octanol–water partition coefficient (Wildman–Crippen LogP) is 3.10. The highest BCUT2D eigenvalue weighted by Crippen LogP contribution is 2.35. The van der Waals surface area contributed by atoms with Gasteiger partial charge in [-0.05, 0) is 12.1 Å². The van der Waals surface area contributed by atoms with Crippen LogP contribution in [-0.4, -0.2) is 24.5 Å². The molecule has 0 unspecified atom stereocenters. The summed E-state index contributed by atoms with van der Waals surface area (Å²) in [6.07, 6.45) is -4.63. The zero-order valence-corrected chi connectivity index (χ0v) is 10.8. The van der Waals surface area contributed by atoms with E-state index in [1.54, 1.807) is 0 Å². The number of hydrogen-bond acceptors (Lipinski definition) is 3. The third-order valence-corrected chi connectivity index (χ3v) is 2.74. The molecule has 0 heterocycles. The molecule has 18 heavy (non-hydrogen) atoms. The van der Waals surface area contributed by atoms with Crippen molar-refractivity contribution in [3.63, 3.8) is 0 Å². The predicted molar refractivity (Wildman–Crippen MR) is 61.5 cm³/mol. The number of carbonyl (C=O) groups is 2. The van der Waals surface area contributed by atoms with Crippen molar-refractivity contribution in [3.05, 3.63) is 28.8 Å². The Balaban J connectivity index is 3.53. The van der Waals surface area contributed by atoms with E-state index in [-0.39, 0.29) is 22.9 Å². The van der Waals surface area contributed by atoms with Gasteiger partial charge in [-0.2, -0.15) is 13.2 Å². The van der Waals surface area contributed by atoms with Gasteiger partial charge in [0.2, 0.25) is 0 Å². The van der Waals surface area contributed by atoms with Gasteiger partial charge in [-0.25, -0.2) is 0 Å². The van der Waals surface area contributed by atoms with Crippen LogP contribution in [0.5, 0.6) is 5.75 Å². The Bertz CT molecular complexity index is 483. The van der Waals surface area contributed by atoms with E-state index in [0.29, 0.717) is 6.07 Å². The summed E-state index contributed by atoms with van der Waals surface area (Å²) < 4.78 is 42.9. The lowest BCUT2D eigenvalue weighted by atomic mass is 10.0. The first-order chi connectivity index (χ1) is 8.35. The molecule has 7 heteroatoms. The first-order valence-corrected chi connectivity index (χ1v) is 5.80. The highest BCUT2D eigenvalue weighted by molar-refractivity contribution is 9.09. The van der Waals surface area contributed by atoms with Crippen LogP contribution in [0.1, 0.15) is 26.3 Å². The number of methoxy groups -OCH3 is 1. The summed E-state index contributed by atoms with van der Waals surface area (Å²) in [6.45, 7) is 0. The third-order valence-electron chi connectivity index (χ3n) is 2.23. The molecule has 1 aromatic rings. The fourth-order valence-corrected chi connectivity index (χ4v) is 1.70. The van der Waals surface area contributed by atoms with Crippen molar-refractivity contribution in [2.45, 2.75) is 6.18 Å². The van der Waals surface area contributed by atoms with E-state index < -0.39 is 23.1 Å². The summed E-state index contributed by atoms with van der Waals surface area (Å²) in [5, 5.41) is -0.138. The average molecular weight is 325 g/mol.